The zero-order valence-electron chi connectivity index (χ0n) is 16.8. The minimum Gasteiger partial charge on any atom is -0.0999 e. The summed E-state index contributed by atoms with van der Waals surface area (Å²) in [5.41, 5.74) is 4.20. The van der Waals surface area contributed by atoms with Crippen LogP contribution in [0.2, 0.25) is 0 Å². The van der Waals surface area contributed by atoms with Crippen LogP contribution in [0.4, 0.5) is 0 Å². The van der Waals surface area contributed by atoms with Gasteiger partial charge in [-0.15, -0.1) is 0 Å². The first-order chi connectivity index (χ1) is 11.4. The van der Waals surface area contributed by atoms with E-state index in [4.69, 9.17) is 0 Å². The molecule has 0 nitrogen and oxygen atoms in total. The molecule has 0 heteroatoms. The van der Waals surface area contributed by atoms with Crippen LogP contribution in [0.5, 0.6) is 0 Å². The zero-order valence-corrected chi connectivity index (χ0v) is 16.8. The van der Waals surface area contributed by atoms with E-state index in [9.17, 15) is 0 Å². The average molecular weight is 329 g/mol. The number of hydrogen-bond acceptors (Lipinski definition) is 0. The first-order valence-electron chi connectivity index (χ1n) is 10.7. The molecule has 24 heavy (non-hydrogen) atoms. The third-order valence-corrected chi connectivity index (χ3v) is 8.82. The van der Waals surface area contributed by atoms with Gasteiger partial charge in [-0.3, -0.25) is 0 Å². The summed E-state index contributed by atoms with van der Waals surface area (Å²) < 4.78 is 0. The third-order valence-electron chi connectivity index (χ3n) is 8.82. The predicted molar refractivity (Wildman–Crippen MR) is 106 cm³/mol. The Labute approximate surface area is 151 Å². The molecule has 0 spiro atoms. The van der Waals surface area contributed by atoms with Gasteiger partial charge in [0.1, 0.15) is 0 Å². The fraction of sp³-hybridized carbons (Fsp3) is 0.833. The van der Waals surface area contributed by atoms with Crippen molar-refractivity contribution >= 4 is 0 Å². The summed E-state index contributed by atoms with van der Waals surface area (Å²) in [6.07, 6.45) is 13.7. The molecule has 3 saturated carbocycles. The van der Waals surface area contributed by atoms with E-state index in [2.05, 4.69) is 40.9 Å². The van der Waals surface area contributed by atoms with Crippen LogP contribution in [0.25, 0.3) is 0 Å². The van der Waals surface area contributed by atoms with Gasteiger partial charge in [0.25, 0.3) is 0 Å². The van der Waals surface area contributed by atoms with Gasteiger partial charge in [-0.2, -0.15) is 0 Å². The topological polar surface area (TPSA) is 0 Å². The van der Waals surface area contributed by atoms with E-state index in [1.807, 2.05) is 0 Å². The lowest BCUT2D eigenvalue weighted by atomic mass is 9.45. The Hall–Kier alpha value is -0.520. The predicted octanol–water partition coefficient (Wildman–Crippen LogP) is 7.56. The second kappa shape index (κ2) is 6.65. The van der Waals surface area contributed by atoms with Gasteiger partial charge in [0, 0.05) is 0 Å². The molecule has 0 saturated heterocycles. The van der Waals surface area contributed by atoms with Gasteiger partial charge < -0.3 is 0 Å². The van der Waals surface area contributed by atoms with Gasteiger partial charge in [-0.1, -0.05) is 64.8 Å². The van der Waals surface area contributed by atoms with Crippen LogP contribution in [-0.4, -0.2) is 0 Å². The average Bonchev–Trinajstić information content (AvgIpc) is 2.96. The molecule has 0 aromatic rings. The molecular weight excluding hydrogens is 288 g/mol. The molecule has 6 atom stereocenters. The van der Waals surface area contributed by atoms with Crippen LogP contribution >= 0.6 is 0 Å². The first-order valence-corrected chi connectivity index (χ1v) is 10.7. The van der Waals surface area contributed by atoms with Gasteiger partial charge in [0.05, 0.1) is 0 Å². The van der Waals surface area contributed by atoms with Gasteiger partial charge in [0.15, 0.2) is 0 Å². The summed E-state index contributed by atoms with van der Waals surface area (Å²) in [4.78, 5) is 0. The highest BCUT2D eigenvalue weighted by Gasteiger charge is 2.57. The van der Waals surface area contributed by atoms with E-state index in [1.165, 1.54) is 63.4 Å². The molecule has 0 aromatic carbocycles. The molecule has 0 N–H and O–H groups in total. The molecule has 3 aliphatic rings. The van der Waals surface area contributed by atoms with Gasteiger partial charge >= 0.3 is 0 Å². The lowest BCUT2D eigenvalue weighted by molar-refractivity contribution is -0.0636. The molecule has 0 heterocycles. The Kier molecular flexibility index (Phi) is 5.07. The van der Waals surface area contributed by atoms with Crippen molar-refractivity contribution in [3.63, 3.8) is 0 Å². The van der Waals surface area contributed by atoms with E-state index >= 15 is 0 Å². The summed E-state index contributed by atoms with van der Waals surface area (Å²) in [5.74, 6) is 3.45. The standard InChI is InChI=1S/C24H40/c1-7-17(3)11-15-24(6)19(8-2)16-18(4)22-20-10-9-13-23(20,5)14-12-21(22)24/h19-22H,3-4,7-16H2,1-2,5-6H3. The van der Waals surface area contributed by atoms with Crippen LogP contribution in [0, 0.1) is 34.5 Å². The monoisotopic (exact) mass is 328 g/mol. The van der Waals surface area contributed by atoms with Crippen LogP contribution in [0.15, 0.2) is 24.3 Å². The quantitative estimate of drug-likeness (QED) is 0.457. The summed E-state index contributed by atoms with van der Waals surface area (Å²) in [7, 11) is 0. The van der Waals surface area contributed by atoms with Crippen molar-refractivity contribution in [1.82, 2.24) is 0 Å². The Morgan fingerprint density at radius 1 is 1.12 bits per heavy atom. The van der Waals surface area contributed by atoms with Crippen molar-refractivity contribution in [2.24, 2.45) is 34.5 Å². The summed E-state index contributed by atoms with van der Waals surface area (Å²) in [6, 6.07) is 0. The van der Waals surface area contributed by atoms with Crippen molar-refractivity contribution in [1.29, 1.82) is 0 Å². The summed E-state index contributed by atoms with van der Waals surface area (Å²) in [5, 5.41) is 0. The maximum Gasteiger partial charge on any atom is -0.0139 e. The highest BCUT2D eigenvalue weighted by molar-refractivity contribution is 5.20. The van der Waals surface area contributed by atoms with E-state index in [0.717, 1.165) is 30.1 Å². The maximum atomic E-state index is 4.65. The fourth-order valence-electron chi connectivity index (χ4n) is 7.05. The number of allylic oxidation sites excluding steroid dienone is 2. The van der Waals surface area contributed by atoms with E-state index in [0.29, 0.717) is 10.8 Å². The second-order valence-electron chi connectivity index (χ2n) is 9.90. The van der Waals surface area contributed by atoms with Crippen LogP contribution < -0.4 is 0 Å². The molecule has 3 fully saturated rings. The molecule has 0 aliphatic heterocycles. The molecule has 3 aliphatic carbocycles. The summed E-state index contributed by atoms with van der Waals surface area (Å²) in [6.45, 7) is 18.9. The molecular formula is C24H40. The van der Waals surface area contributed by atoms with Crippen molar-refractivity contribution in [2.45, 2.75) is 91.9 Å². The highest BCUT2D eigenvalue weighted by Crippen LogP contribution is 2.66. The van der Waals surface area contributed by atoms with Crippen molar-refractivity contribution in [3.8, 4) is 0 Å². The lowest BCUT2D eigenvalue weighted by Gasteiger charge is -2.59. The van der Waals surface area contributed by atoms with E-state index in [-0.39, 0.29) is 0 Å². The smallest absolute Gasteiger partial charge is 0.0139 e. The molecule has 0 radical (unpaired) electrons. The number of fused-ring (bicyclic) bond motifs is 3. The Morgan fingerprint density at radius 3 is 2.54 bits per heavy atom. The minimum absolute atomic E-state index is 0.503. The van der Waals surface area contributed by atoms with Crippen molar-refractivity contribution in [3.05, 3.63) is 24.3 Å². The SMILES string of the molecule is C=C(CC)CCC1(C)C(CC)CC(=C)C2C3CCCC3(C)CCC21. The van der Waals surface area contributed by atoms with Crippen LogP contribution in [0.3, 0.4) is 0 Å². The van der Waals surface area contributed by atoms with Crippen molar-refractivity contribution < 1.29 is 0 Å². The Balaban J connectivity index is 1.89. The maximum absolute atomic E-state index is 4.65. The molecule has 0 bridgehead atoms. The summed E-state index contributed by atoms with van der Waals surface area (Å²) >= 11 is 0. The van der Waals surface area contributed by atoms with E-state index in [1.54, 1.807) is 5.57 Å². The first kappa shape index (κ1) is 18.3. The molecule has 3 rings (SSSR count). The highest BCUT2D eigenvalue weighted by atomic mass is 14.6. The number of rotatable bonds is 5. The van der Waals surface area contributed by atoms with E-state index < -0.39 is 0 Å². The molecule has 136 valence electrons. The molecule has 6 unspecified atom stereocenters. The van der Waals surface area contributed by atoms with Crippen LogP contribution in [0.1, 0.15) is 91.9 Å². The third kappa shape index (κ3) is 2.82. The largest absolute Gasteiger partial charge is 0.0999 e. The molecule has 0 aromatic heterocycles. The Bertz CT molecular complexity index is 500. The Morgan fingerprint density at radius 2 is 1.88 bits per heavy atom. The lowest BCUT2D eigenvalue weighted by Crippen LogP contribution is -2.51. The van der Waals surface area contributed by atoms with Gasteiger partial charge in [-0.25, -0.2) is 0 Å². The normalized spacial score (nSPS) is 44.9. The minimum atomic E-state index is 0.503. The molecule has 0 amide bonds. The zero-order chi connectivity index (χ0) is 17.5. The van der Waals surface area contributed by atoms with Crippen molar-refractivity contribution in [2.75, 3.05) is 0 Å². The fourth-order valence-corrected chi connectivity index (χ4v) is 7.05. The van der Waals surface area contributed by atoms with Gasteiger partial charge in [-0.05, 0) is 85.9 Å². The van der Waals surface area contributed by atoms with Gasteiger partial charge in [0.2, 0.25) is 0 Å². The number of hydrogen-bond donors (Lipinski definition) is 0. The second-order valence-corrected chi connectivity index (χ2v) is 9.90. The van der Waals surface area contributed by atoms with Crippen LogP contribution in [-0.2, 0) is 0 Å².